The van der Waals surface area contributed by atoms with E-state index < -0.39 is 0 Å². The van der Waals surface area contributed by atoms with Gasteiger partial charge < -0.3 is 5.32 Å². The molecule has 0 fully saturated rings. The molecule has 12 heavy (non-hydrogen) atoms. The zero-order valence-electron chi connectivity index (χ0n) is 9.57. The van der Waals surface area contributed by atoms with Gasteiger partial charge in [-0.3, -0.25) is 0 Å². The van der Waals surface area contributed by atoms with E-state index in [1.807, 2.05) is 0 Å². The monoisotopic (exact) mass is 171 g/mol. The van der Waals surface area contributed by atoms with E-state index >= 15 is 0 Å². The van der Waals surface area contributed by atoms with Gasteiger partial charge in [-0.1, -0.05) is 34.6 Å². The van der Waals surface area contributed by atoms with E-state index in [0.29, 0.717) is 11.5 Å². The van der Waals surface area contributed by atoms with Crippen LogP contribution < -0.4 is 5.32 Å². The van der Waals surface area contributed by atoms with Crippen LogP contribution in [0.2, 0.25) is 0 Å². The quantitative estimate of drug-likeness (QED) is 0.685. The summed E-state index contributed by atoms with van der Waals surface area (Å²) in [5.41, 5.74) is 0.431. The third-order valence-corrected chi connectivity index (χ3v) is 2.86. The van der Waals surface area contributed by atoms with Crippen LogP contribution in [-0.4, -0.2) is 12.6 Å². The lowest BCUT2D eigenvalue weighted by Gasteiger charge is -2.28. The molecule has 0 aromatic carbocycles. The Morgan fingerprint density at radius 2 is 1.67 bits per heavy atom. The van der Waals surface area contributed by atoms with Crippen molar-refractivity contribution in [3.8, 4) is 0 Å². The highest BCUT2D eigenvalue weighted by Gasteiger charge is 2.19. The number of hydrogen-bond donors (Lipinski definition) is 1. The fraction of sp³-hybridized carbons (Fsp3) is 1.00. The highest BCUT2D eigenvalue weighted by Crippen LogP contribution is 2.24. The van der Waals surface area contributed by atoms with Gasteiger partial charge in [-0.15, -0.1) is 0 Å². The van der Waals surface area contributed by atoms with Crippen molar-refractivity contribution < 1.29 is 0 Å². The number of hydrogen-bond acceptors (Lipinski definition) is 1. The van der Waals surface area contributed by atoms with Crippen molar-refractivity contribution in [1.82, 2.24) is 5.32 Å². The van der Waals surface area contributed by atoms with E-state index in [1.54, 1.807) is 0 Å². The molecule has 0 spiro atoms. The maximum absolute atomic E-state index is 3.54. The highest BCUT2D eigenvalue weighted by atomic mass is 14.9. The Bertz CT molecular complexity index is 113. The van der Waals surface area contributed by atoms with Crippen LogP contribution in [0.3, 0.4) is 0 Å². The maximum Gasteiger partial charge on any atom is 0.00362 e. The summed E-state index contributed by atoms with van der Waals surface area (Å²) in [4.78, 5) is 0. The summed E-state index contributed by atoms with van der Waals surface area (Å²) in [5, 5.41) is 3.54. The molecule has 1 heteroatoms. The second kappa shape index (κ2) is 4.86. The fourth-order valence-corrected chi connectivity index (χ4v) is 0.828. The topological polar surface area (TPSA) is 12.0 Å². The van der Waals surface area contributed by atoms with Crippen LogP contribution in [0, 0.1) is 11.3 Å². The summed E-state index contributed by atoms with van der Waals surface area (Å²) in [7, 11) is 0. The average molecular weight is 171 g/mol. The van der Waals surface area contributed by atoms with Crippen LogP contribution in [0.4, 0.5) is 0 Å². The lowest BCUT2D eigenvalue weighted by molar-refractivity contribution is 0.246. The Labute approximate surface area is 77.9 Å². The van der Waals surface area contributed by atoms with Gasteiger partial charge in [0.15, 0.2) is 0 Å². The minimum Gasteiger partial charge on any atom is -0.314 e. The second-order valence-electron chi connectivity index (χ2n) is 4.98. The number of rotatable bonds is 4. The van der Waals surface area contributed by atoms with Crippen molar-refractivity contribution >= 4 is 0 Å². The van der Waals surface area contributed by atoms with Gasteiger partial charge in [0.05, 0.1) is 0 Å². The Morgan fingerprint density at radius 3 is 2.00 bits per heavy atom. The summed E-state index contributed by atoms with van der Waals surface area (Å²) in [6.45, 7) is 14.8. The van der Waals surface area contributed by atoms with Crippen molar-refractivity contribution in [2.75, 3.05) is 6.54 Å². The van der Waals surface area contributed by atoms with Crippen LogP contribution >= 0.6 is 0 Å². The molecule has 0 heterocycles. The highest BCUT2D eigenvalue weighted by molar-refractivity contribution is 4.73. The Morgan fingerprint density at radius 1 is 1.17 bits per heavy atom. The van der Waals surface area contributed by atoms with E-state index in [0.717, 1.165) is 12.5 Å². The van der Waals surface area contributed by atoms with Crippen molar-refractivity contribution in [1.29, 1.82) is 0 Å². The Balaban J connectivity index is 3.64. The molecule has 0 aromatic rings. The summed E-state index contributed by atoms with van der Waals surface area (Å²) < 4.78 is 0. The van der Waals surface area contributed by atoms with Crippen LogP contribution in [0.15, 0.2) is 0 Å². The largest absolute Gasteiger partial charge is 0.314 e. The van der Waals surface area contributed by atoms with Gasteiger partial charge in [0.25, 0.3) is 0 Å². The molecule has 0 aliphatic rings. The average Bonchev–Trinajstić information content (AvgIpc) is 1.97. The molecule has 0 saturated heterocycles. The Kier molecular flexibility index (Phi) is 4.84. The first-order valence-electron chi connectivity index (χ1n) is 5.11. The van der Waals surface area contributed by atoms with Crippen LogP contribution in [-0.2, 0) is 0 Å². The van der Waals surface area contributed by atoms with Crippen LogP contribution in [0.5, 0.6) is 0 Å². The smallest absolute Gasteiger partial charge is 0.00362 e. The van der Waals surface area contributed by atoms with Crippen LogP contribution in [0.1, 0.15) is 48.0 Å². The molecule has 0 amide bonds. The molecule has 0 radical (unpaired) electrons. The molecule has 2 unspecified atom stereocenters. The summed E-state index contributed by atoms with van der Waals surface area (Å²) >= 11 is 0. The molecule has 74 valence electrons. The summed E-state index contributed by atoms with van der Waals surface area (Å²) in [6, 6.07) is 0.662. The zero-order chi connectivity index (χ0) is 9.78. The normalized spacial score (nSPS) is 17.5. The SMILES string of the molecule is CCC(C)NCC(C)C(C)(C)C. The minimum absolute atomic E-state index is 0.431. The van der Waals surface area contributed by atoms with Gasteiger partial charge in [0, 0.05) is 6.04 Å². The van der Waals surface area contributed by atoms with Gasteiger partial charge in [0.2, 0.25) is 0 Å². The third kappa shape index (κ3) is 4.76. The predicted octanol–water partition coefficient (Wildman–Crippen LogP) is 3.06. The molecule has 0 aromatic heterocycles. The molecule has 0 bridgehead atoms. The number of nitrogens with one attached hydrogen (secondary N) is 1. The minimum atomic E-state index is 0.431. The molecule has 0 saturated carbocycles. The lowest BCUT2D eigenvalue weighted by Crippen LogP contribution is -2.34. The lowest BCUT2D eigenvalue weighted by atomic mass is 9.82. The van der Waals surface area contributed by atoms with Gasteiger partial charge in [-0.05, 0) is 31.2 Å². The molecule has 2 atom stereocenters. The second-order valence-corrected chi connectivity index (χ2v) is 4.98. The van der Waals surface area contributed by atoms with Crippen molar-refractivity contribution in [3.05, 3.63) is 0 Å². The van der Waals surface area contributed by atoms with Gasteiger partial charge in [-0.2, -0.15) is 0 Å². The first-order valence-corrected chi connectivity index (χ1v) is 5.11. The van der Waals surface area contributed by atoms with Crippen molar-refractivity contribution in [3.63, 3.8) is 0 Å². The molecule has 0 rings (SSSR count). The first kappa shape index (κ1) is 12.0. The summed E-state index contributed by atoms with van der Waals surface area (Å²) in [6.07, 6.45) is 1.22. The van der Waals surface area contributed by atoms with E-state index in [1.165, 1.54) is 6.42 Å². The molecule has 1 nitrogen and oxygen atoms in total. The molecule has 0 aliphatic carbocycles. The van der Waals surface area contributed by atoms with Gasteiger partial charge >= 0.3 is 0 Å². The fourth-order valence-electron chi connectivity index (χ4n) is 0.828. The zero-order valence-corrected chi connectivity index (χ0v) is 9.57. The van der Waals surface area contributed by atoms with Crippen molar-refractivity contribution in [2.24, 2.45) is 11.3 Å². The van der Waals surface area contributed by atoms with Crippen molar-refractivity contribution in [2.45, 2.75) is 54.0 Å². The van der Waals surface area contributed by atoms with E-state index in [2.05, 4.69) is 46.9 Å². The van der Waals surface area contributed by atoms with E-state index in [-0.39, 0.29) is 0 Å². The summed E-state index contributed by atoms with van der Waals surface area (Å²) in [5.74, 6) is 0.742. The molecular formula is C11H25N. The van der Waals surface area contributed by atoms with Gasteiger partial charge in [0.1, 0.15) is 0 Å². The molecular weight excluding hydrogens is 146 g/mol. The molecule has 1 N–H and O–H groups in total. The Hall–Kier alpha value is -0.0400. The predicted molar refractivity (Wildman–Crippen MR) is 56.4 cm³/mol. The van der Waals surface area contributed by atoms with E-state index in [4.69, 9.17) is 0 Å². The van der Waals surface area contributed by atoms with Gasteiger partial charge in [-0.25, -0.2) is 0 Å². The third-order valence-electron chi connectivity index (χ3n) is 2.86. The molecule has 0 aliphatic heterocycles. The van der Waals surface area contributed by atoms with E-state index in [9.17, 15) is 0 Å². The standard InChI is InChI=1S/C11H25N/c1-7-10(3)12-8-9(2)11(4,5)6/h9-10,12H,7-8H2,1-6H3. The first-order chi connectivity index (χ1) is 5.38. The maximum atomic E-state index is 3.54. The van der Waals surface area contributed by atoms with Crippen LogP contribution in [0.25, 0.3) is 0 Å².